The number of ether oxygens (including phenoxy) is 2. The second kappa shape index (κ2) is 6.55. The van der Waals surface area contributed by atoms with Crippen molar-refractivity contribution in [3.05, 3.63) is 33.6 Å². The van der Waals surface area contributed by atoms with Gasteiger partial charge in [0, 0.05) is 43.6 Å². The fourth-order valence-corrected chi connectivity index (χ4v) is 4.29. The van der Waals surface area contributed by atoms with E-state index in [2.05, 4.69) is 20.4 Å². The predicted octanol–water partition coefficient (Wildman–Crippen LogP) is 2.56. The maximum absolute atomic E-state index is 6.09. The number of hydrogen-bond acceptors (Lipinski definition) is 7. The molecule has 2 aromatic rings. The van der Waals surface area contributed by atoms with Crippen molar-refractivity contribution < 1.29 is 14.0 Å². The van der Waals surface area contributed by atoms with Gasteiger partial charge in [-0.3, -0.25) is 4.90 Å². The molecule has 4 rings (SSSR count). The van der Waals surface area contributed by atoms with Crippen LogP contribution in [0.25, 0.3) is 0 Å². The molecule has 0 N–H and O–H groups in total. The van der Waals surface area contributed by atoms with Crippen LogP contribution in [0.15, 0.2) is 16.0 Å². The highest BCUT2D eigenvalue weighted by molar-refractivity contribution is 7.09. The molecule has 130 valence electrons. The first-order valence-electron chi connectivity index (χ1n) is 8.40. The Balaban J connectivity index is 1.26. The van der Waals surface area contributed by atoms with Gasteiger partial charge in [-0.15, -0.1) is 11.3 Å². The monoisotopic (exact) mass is 349 g/mol. The molecule has 1 spiro atoms. The molecule has 0 radical (unpaired) electrons. The summed E-state index contributed by atoms with van der Waals surface area (Å²) in [5.74, 6) is 1.33. The van der Waals surface area contributed by atoms with Gasteiger partial charge in [0.25, 0.3) is 0 Å². The molecule has 0 aliphatic carbocycles. The van der Waals surface area contributed by atoms with Gasteiger partial charge < -0.3 is 14.0 Å². The zero-order valence-electron chi connectivity index (χ0n) is 14.2. The molecular weight excluding hydrogens is 326 g/mol. The third-order valence-electron chi connectivity index (χ3n) is 4.88. The topological polar surface area (TPSA) is 60.6 Å². The van der Waals surface area contributed by atoms with Crippen molar-refractivity contribution >= 4 is 11.3 Å². The van der Waals surface area contributed by atoms with Crippen LogP contribution in [0.2, 0.25) is 0 Å². The van der Waals surface area contributed by atoms with Crippen molar-refractivity contribution in [1.29, 1.82) is 0 Å². The molecule has 1 atom stereocenters. The number of nitrogens with zero attached hydrogens (tertiary/aromatic N) is 3. The summed E-state index contributed by atoms with van der Waals surface area (Å²) in [5, 5.41) is 7.23. The molecule has 2 saturated heterocycles. The lowest BCUT2D eigenvalue weighted by Gasteiger charge is -2.50. The van der Waals surface area contributed by atoms with E-state index in [1.807, 2.05) is 19.9 Å². The molecule has 0 aromatic carbocycles. The van der Waals surface area contributed by atoms with E-state index in [1.54, 1.807) is 11.3 Å². The molecule has 2 fully saturated rings. The van der Waals surface area contributed by atoms with Gasteiger partial charge in [-0.05, 0) is 20.3 Å². The van der Waals surface area contributed by atoms with Crippen LogP contribution in [0.4, 0.5) is 0 Å². The number of likely N-dealkylation sites (tertiary alicyclic amines) is 1. The highest BCUT2D eigenvalue weighted by atomic mass is 32.1. The number of aromatic nitrogens is 2. The lowest BCUT2D eigenvalue weighted by Crippen LogP contribution is -2.64. The largest absolute Gasteiger partial charge is 0.375 e. The van der Waals surface area contributed by atoms with E-state index in [0.29, 0.717) is 12.5 Å². The molecule has 2 aromatic heterocycles. The van der Waals surface area contributed by atoms with Crippen molar-refractivity contribution in [3.63, 3.8) is 0 Å². The van der Waals surface area contributed by atoms with Crippen LogP contribution in [0.3, 0.4) is 0 Å². The lowest BCUT2D eigenvalue weighted by atomic mass is 9.81. The van der Waals surface area contributed by atoms with Crippen molar-refractivity contribution in [2.45, 2.75) is 39.0 Å². The summed E-state index contributed by atoms with van der Waals surface area (Å²) in [4.78, 5) is 6.80. The maximum Gasteiger partial charge on any atom is 0.133 e. The molecule has 2 aliphatic rings. The SMILES string of the molecule is Cc1cc(CN2CC3(C2)OCC[C@H]3COCc2csc(C)n2)no1. The quantitative estimate of drug-likeness (QED) is 0.799. The fourth-order valence-electron chi connectivity index (χ4n) is 3.69. The summed E-state index contributed by atoms with van der Waals surface area (Å²) in [7, 11) is 0. The minimum atomic E-state index is -0.0310. The van der Waals surface area contributed by atoms with Crippen LogP contribution in [0.1, 0.15) is 28.6 Å². The average molecular weight is 349 g/mol. The van der Waals surface area contributed by atoms with Gasteiger partial charge in [-0.2, -0.15) is 0 Å². The Labute approximate surface area is 145 Å². The first-order chi connectivity index (χ1) is 11.6. The van der Waals surface area contributed by atoms with Crippen LogP contribution < -0.4 is 0 Å². The van der Waals surface area contributed by atoms with E-state index in [4.69, 9.17) is 14.0 Å². The fraction of sp³-hybridized carbons (Fsp3) is 0.647. The maximum atomic E-state index is 6.09. The van der Waals surface area contributed by atoms with Crippen molar-refractivity contribution in [2.75, 3.05) is 26.3 Å². The lowest BCUT2D eigenvalue weighted by molar-refractivity contribution is -0.147. The third-order valence-corrected chi connectivity index (χ3v) is 5.70. The first kappa shape index (κ1) is 16.2. The van der Waals surface area contributed by atoms with Crippen LogP contribution in [-0.2, 0) is 22.6 Å². The van der Waals surface area contributed by atoms with Gasteiger partial charge >= 0.3 is 0 Å². The number of hydrogen-bond donors (Lipinski definition) is 0. The van der Waals surface area contributed by atoms with Gasteiger partial charge in [-0.1, -0.05) is 5.16 Å². The summed E-state index contributed by atoms with van der Waals surface area (Å²) in [6.45, 7) is 8.84. The Morgan fingerprint density at radius 2 is 2.25 bits per heavy atom. The number of aryl methyl sites for hydroxylation is 2. The molecule has 2 aliphatic heterocycles. The zero-order chi connectivity index (χ0) is 16.6. The van der Waals surface area contributed by atoms with Gasteiger partial charge in [0.1, 0.15) is 5.76 Å². The summed E-state index contributed by atoms with van der Waals surface area (Å²) in [6.07, 6.45) is 1.08. The second-order valence-corrected chi connectivity index (χ2v) is 7.91. The number of thiazole rings is 1. The Morgan fingerprint density at radius 3 is 2.96 bits per heavy atom. The molecule has 7 heteroatoms. The Kier molecular flexibility index (Phi) is 4.42. The second-order valence-electron chi connectivity index (χ2n) is 6.85. The Bertz CT molecular complexity index is 693. The minimum Gasteiger partial charge on any atom is -0.375 e. The van der Waals surface area contributed by atoms with Gasteiger partial charge in [0.15, 0.2) is 0 Å². The molecule has 24 heavy (non-hydrogen) atoms. The van der Waals surface area contributed by atoms with E-state index in [1.165, 1.54) is 0 Å². The Hall–Kier alpha value is -1.28. The van der Waals surface area contributed by atoms with Gasteiger partial charge in [0.2, 0.25) is 0 Å². The van der Waals surface area contributed by atoms with Gasteiger partial charge in [0.05, 0.1) is 35.2 Å². The predicted molar refractivity (Wildman–Crippen MR) is 89.8 cm³/mol. The van der Waals surface area contributed by atoms with Crippen molar-refractivity contribution in [2.24, 2.45) is 5.92 Å². The van der Waals surface area contributed by atoms with E-state index in [0.717, 1.165) is 61.4 Å². The summed E-state index contributed by atoms with van der Waals surface area (Å²) < 4.78 is 17.1. The van der Waals surface area contributed by atoms with E-state index in [-0.39, 0.29) is 5.60 Å². The first-order valence-corrected chi connectivity index (χ1v) is 9.28. The number of rotatable bonds is 6. The Morgan fingerprint density at radius 1 is 1.38 bits per heavy atom. The normalized spacial score (nSPS) is 23.0. The summed E-state index contributed by atoms with van der Waals surface area (Å²) in [5.41, 5.74) is 1.99. The third kappa shape index (κ3) is 3.26. The van der Waals surface area contributed by atoms with E-state index < -0.39 is 0 Å². The van der Waals surface area contributed by atoms with Gasteiger partial charge in [-0.25, -0.2) is 4.98 Å². The molecule has 4 heterocycles. The van der Waals surface area contributed by atoms with Crippen LogP contribution >= 0.6 is 11.3 Å². The van der Waals surface area contributed by atoms with Crippen molar-refractivity contribution in [3.8, 4) is 0 Å². The average Bonchev–Trinajstić information content (AvgIpc) is 3.21. The smallest absolute Gasteiger partial charge is 0.133 e. The molecule has 0 saturated carbocycles. The zero-order valence-corrected chi connectivity index (χ0v) is 15.0. The summed E-state index contributed by atoms with van der Waals surface area (Å²) >= 11 is 1.67. The van der Waals surface area contributed by atoms with Crippen LogP contribution in [0.5, 0.6) is 0 Å². The standard InChI is InChI=1S/C17H23N3O3S/c1-12-5-15(19-23-12)6-20-10-17(11-20)14(3-4-22-17)7-21-8-16-9-24-13(2)18-16/h5,9,14H,3-4,6-8,10-11H2,1-2H3/t14-/m0/s1. The highest BCUT2D eigenvalue weighted by Crippen LogP contribution is 2.40. The molecule has 0 unspecified atom stereocenters. The molecule has 0 bridgehead atoms. The van der Waals surface area contributed by atoms with E-state index in [9.17, 15) is 0 Å². The molecule has 0 amide bonds. The molecule has 6 nitrogen and oxygen atoms in total. The van der Waals surface area contributed by atoms with Crippen LogP contribution in [-0.4, -0.2) is 46.9 Å². The highest BCUT2D eigenvalue weighted by Gasteiger charge is 2.52. The van der Waals surface area contributed by atoms with Crippen LogP contribution in [0, 0.1) is 19.8 Å². The summed E-state index contributed by atoms with van der Waals surface area (Å²) in [6, 6.07) is 2.00. The van der Waals surface area contributed by atoms with Crippen molar-refractivity contribution in [1.82, 2.24) is 15.0 Å². The minimum absolute atomic E-state index is 0.0310. The molecular formula is C17H23N3O3S. The van der Waals surface area contributed by atoms with E-state index >= 15 is 0 Å².